The van der Waals surface area contributed by atoms with Gasteiger partial charge in [-0.15, -0.1) is 0 Å². The second-order valence-corrected chi connectivity index (χ2v) is 6.15. The Morgan fingerprint density at radius 3 is 2.59 bits per heavy atom. The van der Waals surface area contributed by atoms with Crippen molar-refractivity contribution in [1.82, 2.24) is 0 Å². The van der Waals surface area contributed by atoms with E-state index < -0.39 is 5.97 Å². The van der Waals surface area contributed by atoms with Gasteiger partial charge < -0.3 is 10.1 Å². The topological polar surface area (TPSA) is 55.4 Å². The van der Waals surface area contributed by atoms with Gasteiger partial charge in [-0.2, -0.15) is 0 Å². The predicted molar refractivity (Wildman–Crippen MR) is 94.6 cm³/mol. The summed E-state index contributed by atoms with van der Waals surface area (Å²) >= 11 is 8.01. The number of carbonyl (C=O) groups is 2. The molecule has 4 nitrogen and oxygen atoms in total. The molecule has 0 heterocycles. The molecule has 2 rings (SSSR count). The average Bonchev–Trinajstić information content (AvgIpc) is 2.51. The molecule has 114 valence electrons. The van der Waals surface area contributed by atoms with Gasteiger partial charge in [0.05, 0.1) is 18.2 Å². The van der Waals surface area contributed by atoms with Gasteiger partial charge in [-0.25, -0.2) is 4.79 Å². The first kappa shape index (κ1) is 16.8. The monoisotopic (exact) mass is 429 g/mol. The van der Waals surface area contributed by atoms with Gasteiger partial charge in [0.1, 0.15) is 0 Å². The van der Waals surface area contributed by atoms with Gasteiger partial charge in [0.25, 0.3) is 5.91 Å². The fourth-order valence-corrected chi connectivity index (χ4v) is 2.72. The second-order valence-electron chi connectivity index (χ2n) is 4.55. The second kappa shape index (κ2) is 7.11. The first-order chi connectivity index (χ1) is 10.4. The number of ether oxygens (including phenoxy) is 1. The lowest BCUT2D eigenvalue weighted by Crippen LogP contribution is -2.15. The SMILES string of the molecule is COC(=O)c1cccc(NC(=O)c2cc(Cl)ccc2I)c1C. The van der Waals surface area contributed by atoms with Crippen LogP contribution in [0.3, 0.4) is 0 Å². The van der Waals surface area contributed by atoms with Crippen molar-refractivity contribution in [3.05, 3.63) is 61.7 Å². The number of carbonyl (C=O) groups excluding carboxylic acids is 2. The van der Waals surface area contributed by atoms with E-state index in [2.05, 4.69) is 27.9 Å². The Morgan fingerprint density at radius 1 is 1.18 bits per heavy atom. The van der Waals surface area contributed by atoms with Crippen LogP contribution in [-0.4, -0.2) is 19.0 Å². The highest BCUT2D eigenvalue weighted by Gasteiger charge is 2.15. The zero-order chi connectivity index (χ0) is 16.3. The van der Waals surface area contributed by atoms with Gasteiger partial charge in [-0.1, -0.05) is 17.7 Å². The molecule has 6 heteroatoms. The fourth-order valence-electron chi connectivity index (χ4n) is 1.96. The number of rotatable bonds is 3. The van der Waals surface area contributed by atoms with Gasteiger partial charge in [-0.05, 0) is 65.4 Å². The Kier molecular flexibility index (Phi) is 5.42. The number of benzene rings is 2. The van der Waals surface area contributed by atoms with E-state index in [-0.39, 0.29) is 5.91 Å². The van der Waals surface area contributed by atoms with Crippen LogP contribution in [0.4, 0.5) is 5.69 Å². The lowest BCUT2D eigenvalue weighted by atomic mass is 10.1. The summed E-state index contributed by atoms with van der Waals surface area (Å²) in [5.74, 6) is -0.719. The molecule has 22 heavy (non-hydrogen) atoms. The number of hydrogen-bond acceptors (Lipinski definition) is 3. The third-order valence-electron chi connectivity index (χ3n) is 3.16. The summed E-state index contributed by atoms with van der Waals surface area (Å²) in [5.41, 5.74) is 2.11. The molecule has 0 saturated carbocycles. The van der Waals surface area contributed by atoms with E-state index in [0.717, 1.165) is 3.57 Å². The molecule has 0 aromatic heterocycles. The molecule has 1 amide bonds. The summed E-state index contributed by atoms with van der Waals surface area (Å²) in [5, 5.41) is 3.30. The van der Waals surface area contributed by atoms with Crippen LogP contribution in [0.5, 0.6) is 0 Å². The van der Waals surface area contributed by atoms with Crippen LogP contribution in [-0.2, 0) is 4.74 Å². The van der Waals surface area contributed by atoms with E-state index in [1.54, 1.807) is 43.3 Å². The molecule has 2 aromatic rings. The van der Waals surface area contributed by atoms with Gasteiger partial charge in [-0.3, -0.25) is 4.79 Å². The summed E-state index contributed by atoms with van der Waals surface area (Å²) in [6.45, 7) is 1.75. The van der Waals surface area contributed by atoms with Crippen LogP contribution in [0.15, 0.2) is 36.4 Å². The van der Waals surface area contributed by atoms with Crippen LogP contribution in [0.1, 0.15) is 26.3 Å². The average molecular weight is 430 g/mol. The molecular formula is C16H13ClINO3. The number of nitrogens with one attached hydrogen (secondary N) is 1. The number of hydrogen-bond donors (Lipinski definition) is 1. The quantitative estimate of drug-likeness (QED) is 0.585. The van der Waals surface area contributed by atoms with Gasteiger partial charge in [0, 0.05) is 14.3 Å². The minimum atomic E-state index is -0.439. The Labute approximate surface area is 146 Å². The minimum Gasteiger partial charge on any atom is -0.465 e. The lowest BCUT2D eigenvalue weighted by Gasteiger charge is -2.12. The van der Waals surface area contributed by atoms with Crippen LogP contribution < -0.4 is 5.32 Å². The zero-order valence-electron chi connectivity index (χ0n) is 11.9. The van der Waals surface area contributed by atoms with Crippen LogP contribution >= 0.6 is 34.2 Å². The Balaban J connectivity index is 2.33. The molecule has 0 aliphatic heterocycles. The third-order valence-corrected chi connectivity index (χ3v) is 4.34. The van der Waals surface area contributed by atoms with E-state index in [1.807, 2.05) is 0 Å². The van der Waals surface area contributed by atoms with Crippen molar-refractivity contribution < 1.29 is 14.3 Å². The summed E-state index contributed by atoms with van der Waals surface area (Å²) < 4.78 is 5.52. The fraction of sp³-hybridized carbons (Fsp3) is 0.125. The predicted octanol–water partition coefficient (Wildman–Crippen LogP) is 4.29. The van der Waals surface area contributed by atoms with Gasteiger partial charge in [0.15, 0.2) is 0 Å². The zero-order valence-corrected chi connectivity index (χ0v) is 14.9. The van der Waals surface area contributed by atoms with E-state index in [9.17, 15) is 9.59 Å². The van der Waals surface area contributed by atoms with Crippen LogP contribution in [0.2, 0.25) is 5.02 Å². The van der Waals surface area contributed by atoms with E-state index in [1.165, 1.54) is 7.11 Å². The van der Waals surface area contributed by atoms with Gasteiger partial charge in [0.2, 0.25) is 0 Å². The molecule has 0 aliphatic carbocycles. The first-order valence-corrected chi connectivity index (χ1v) is 7.84. The third kappa shape index (κ3) is 3.59. The molecule has 0 bridgehead atoms. The molecule has 0 spiro atoms. The van der Waals surface area contributed by atoms with Crippen LogP contribution in [0.25, 0.3) is 0 Å². The van der Waals surface area contributed by atoms with Crippen molar-refractivity contribution in [1.29, 1.82) is 0 Å². The minimum absolute atomic E-state index is 0.281. The molecular weight excluding hydrogens is 417 g/mol. The molecule has 0 aliphatic rings. The van der Waals surface area contributed by atoms with E-state index in [4.69, 9.17) is 16.3 Å². The lowest BCUT2D eigenvalue weighted by molar-refractivity contribution is 0.0599. The molecule has 0 unspecified atom stereocenters. The highest BCUT2D eigenvalue weighted by atomic mass is 127. The number of anilines is 1. The number of esters is 1. The highest BCUT2D eigenvalue weighted by Crippen LogP contribution is 2.23. The van der Waals surface area contributed by atoms with E-state index in [0.29, 0.717) is 27.4 Å². The normalized spacial score (nSPS) is 10.2. The summed E-state index contributed by atoms with van der Waals surface area (Å²) in [4.78, 5) is 24.1. The van der Waals surface area contributed by atoms with Crippen LogP contribution in [0, 0.1) is 10.5 Å². The molecule has 0 radical (unpaired) electrons. The van der Waals surface area contributed by atoms with Crippen molar-refractivity contribution in [2.75, 3.05) is 12.4 Å². The Morgan fingerprint density at radius 2 is 1.91 bits per heavy atom. The Bertz CT molecular complexity index is 746. The van der Waals surface area contributed by atoms with Gasteiger partial charge >= 0.3 is 5.97 Å². The van der Waals surface area contributed by atoms with Crippen molar-refractivity contribution in [2.45, 2.75) is 6.92 Å². The van der Waals surface area contributed by atoms with Crippen molar-refractivity contribution in [2.24, 2.45) is 0 Å². The maximum Gasteiger partial charge on any atom is 0.338 e. The highest BCUT2D eigenvalue weighted by molar-refractivity contribution is 14.1. The van der Waals surface area contributed by atoms with Crippen molar-refractivity contribution in [3.8, 4) is 0 Å². The summed E-state index contributed by atoms with van der Waals surface area (Å²) in [6, 6.07) is 10.2. The van der Waals surface area contributed by atoms with E-state index >= 15 is 0 Å². The first-order valence-electron chi connectivity index (χ1n) is 6.38. The number of amides is 1. The molecule has 0 saturated heterocycles. The summed E-state index contributed by atoms with van der Waals surface area (Å²) in [6.07, 6.45) is 0. The number of halogens is 2. The molecule has 0 atom stereocenters. The Hall–Kier alpha value is -1.60. The largest absolute Gasteiger partial charge is 0.465 e. The molecule has 0 fully saturated rings. The maximum atomic E-state index is 12.4. The van der Waals surface area contributed by atoms with Crippen molar-refractivity contribution >= 4 is 51.8 Å². The standard InChI is InChI=1S/C16H13ClINO3/c1-9-11(16(21)22-2)4-3-5-14(9)19-15(20)12-8-10(17)6-7-13(12)18/h3-8H,1-2H3,(H,19,20). The van der Waals surface area contributed by atoms with Crippen molar-refractivity contribution in [3.63, 3.8) is 0 Å². The smallest absolute Gasteiger partial charge is 0.338 e. The maximum absolute atomic E-state index is 12.4. The summed E-state index contributed by atoms with van der Waals surface area (Å²) in [7, 11) is 1.32. The molecule has 2 aromatic carbocycles. The number of methoxy groups -OCH3 is 1. The molecule has 1 N–H and O–H groups in total.